The molecule has 0 fully saturated rings. The average Bonchev–Trinajstić information content (AvgIpc) is 2.61. The van der Waals surface area contributed by atoms with Crippen LogP contribution in [0.3, 0.4) is 0 Å². The minimum Gasteiger partial charge on any atom is -0.394 e. The quantitative estimate of drug-likeness (QED) is 0.732. The van der Waals surface area contributed by atoms with Crippen molar-refractivity contribution in [2.75, 3.05) is 11.9 Å². The molecule has 5 heteroatoms. The maximum Gasteiger partial charge on any atom is 0.313 e. The Labute approximate surface area is 148 Å². The number of aryl methyl sites for hydroxylation is 1. The molecule has 0 aromatic heterocycles. The fourth-order valence-electron chi connectivity index (χ4n) is 2.66. The van der Waals surface area contributed by atoms with Gasteiger partial charge in [-0.3, -0.25) is 9.59 Å². The number of anilines is 1. The molecule has 0 aliphatic rings. The van der Waals surface area contributed by atoms with E-state index in [2.05, 4.69) is 10.6 Å². The third kappa shape index (κ3) is 4.67. The lowest BCUT2D eigenvalue weighted by atomic mass is 9.98. The molecule has 0 bridgehead atoms. The van der Waals surface area contributed by atoms with Crippen LogP contribution in [0, 0.1) is 6.92 Å². The van der Waals surface area contributed by atoms with Crippen LogP contribution >= 0.6 is 0 Å². The summed E-state index contributed by atoms with van der Waals surface area (Å²) in [6, 6.07) is 14.2. The summed E-state index contributed by atoms with van der Waals surface area (Å²) in [5.74, 6) is -1.31. The van der Waals surface area contributed by atoms with Gasteiger partial charge in [0.1, 0.15) is 0 Å². The number of para-hydroxylation sites is 1. The number of aliphatic hydroxyl groups excluding tert-OH is 1. The minimum atomic E-state index is -0.777. The zero-order chi connectivity index (χ0) is 18.4. The lowest BCUT2D eigenvalue weighted by molar-refractivity contribution is -0.136. The van der Waals surface area contributed by atoms with Crippen LogP contribution in [0.15, 0.2) is 48.5 Å². The van der Waals surface area contributed by atoms with E-state index >= 15 is 0 Å². The molecule has 0 aliphatic carbocycles. The summed E-state index contributed by atoms with van der Waals surface area (Å²) in [7, 11) is 0. The molecule has 2 rings (SSSR count). The summed E-state index contributed by atoms with van der Waals surface area (Å²) in [5.41, 5.74) is 3.28. The van der Waals surface area contributed by atoms with Crippen LogP contribution in [-0.4, -0.2) is 23.5 Å². The fourth-order valence-corrected chi connectivity index (χ4v) is 2.66. The van der Waals surface area contributed by atoms with E-state index in [0.29, 0.717) is 5.69 Å². The van der Waals surface area contributed by atoms with E-state index in [0.717, 1.165) is 16.7 Å². The van der Waals surface area contributed by atoms with Gasteiger partial charge in [0.2, 0.25) is 0 Å². The molecule has 0 saturated carbocycles. The summed E-state index contributed by atoms with van der Waals surface area (Å²) in [4.78, 5) is 24.6. The first-order valence-electron chi connectivity index (χ1n) is 8.31. The van der Waals surface area contributed by atoms with E-state index in [-0.39, 0.29) is 12.5 Å². The number of aliphatic hydroxyl groups is 1. The first kappa shape index (κ1) is 18.7. The highest BCUT2D eigenvalue weighted by Crippen LogP contribution is 2.27. The highest BCUT2D eigenvalue weighted by Gasteiger charge is 2.21. The van der Waals surface area contributed by atoms with Crippen LogP contribution in [0.4, 0.5) is 5.69 Å². The summed E-state index contributed by atoms with van der Waals surface area (Å²) >= 11 is 0. The second-order valence-electron chi connectivity index (χ2n) is 6.27. The van der Waals surface area contributed by atoms with E-state index in [1.807, 2.05) is 57.2 Å². The molecule has 2 aromatic carbocycles. The molecule has 132 valence electrons. The molecule has 25 heavy (non-hydrogen) atoms. The number of hydrogen-bond acceptors (Lipinski definition) is 3. The SMILES string of the molecule is Cc1cccc(C(C)C)c1NC(=O)C(=O)NC(CO)c1ccccc1. The van der Waals surface area contributed by atoms with Crippen molar-refractivity contribution >= 4 is 17.5 Å². The largest absolute Gasteiger partial charge is 0.394 e. The molecule has 1 atom stereocenters. The molecule has 1 unspecified atom stereocenters. The first-order chi connectivity index (χ1) is 11.9. The Kier molecular flexibility index (Phi) is 6.31. The normalized spacial score (nSPS) is 11.9. The zero-order valence-corrected chi connectivity index (χ0v) is 14.7. The van der Waals surface area contributed by atoms with Gasteiger partial charge in [0, 0.05) is 5.69 Å². The van der Waals surface area contributed by atoms with E-state index in [4.69, 9.17) is 0 Å². The monoisotopic (exact) mass is 340 g/mol. The Balaban J connectivity index is 2.12. The Hall–Kier alpha value is -2.66. The number of carbonyl (C=O) groups excluding carboxylic acids is 2. The molecule has 0 radical (unpaired) electrons. The van der Waals surface area contributed by atoms with Gasteiger partial charge >= 0.3 is 11.8 Å². The van der Waals surface area contributed by atoms with Crippen molar-refractivity contribution in [1.82, 2.24) is 5.32 Å². The smallest absolute Gasteiger partial charge is 0.313 e. The van der Waals surface area contributed by atoms with Crippen molar-refractivity contribution < 1.29 is 14.7 Å². The third-order valence-electron chi connectivity index (χ3n) is 4.06. The highest BCUT2D eigenvalue weighted by atomic mass is 16.3. The predicted molar refractivity (Wildman–Crippen MR) is 98.3 cm³/mol. The minimum absolute atomic E-state index is 0.216. The molecule has 2 aromatic rings. The molecule has 0 saturated heterocycles. The second kappa shape index (κ2) is 8.44. The zero-order valence-electron chi connectivity index (χ0n) is 14.7. The molecule has 0 spiro atoms. The highest BCUT2D eigenvalue weighted by molar-refractivity contribution is 6.39. The van der Waals surface area contributed by atoms with Crippen LogP contribution in [0.5, 0.6) is 0 Å². The number of benzene rings is 2. The number of hydrogen-bond donors (Lipinski definition) is 3. The Morgan fingerprint density at radius 1 is 1.00 bits per heavy atom. The van der Waals surface area contributed by atoms with Crippen LogP contribution < -0.4 is 10.6 Å². The molecular formula is C20H24N2O3. The Bertz CT molecular complexity index is 742. The van der Waals surface area contributed by atoms with Gasteiger partial charge in [0.15, 0.2) is 0 Å². The molecular weight excluding hydrogens is 316 g/mol. The second-order valence-corrected chi connectivity index (χ2v) is 6.27. The van der Waals surface area contributed by atoms with E-state index in [1.54, 1.807) is 12.1 Å². The molecule has 5 nitrogen and oxygen atoms in total. The Morgan fingerprint density at radius 3 is 2.28 bits per heavy atom. The van der Waals surface area contributed by atoms with Gasteiger partial charge in [-0.05, 0) is 29.5 Å². The van der Waals surface area contributed by atoms with Crippen LogP contribution in [0.25, 0.3) is 0 Å². The van der Waals surface area contributed by atoms with Gasteiger partial charge in [-0.25, -0.2) is 0 Å². The predicted octanol–water partition coefficient (Wildman–Crippen LogP) is 2.91. The first-order valence-corrected chi connectivity index (χ1v) is 8.31. The van der Waals surface area contributed by atoms with Crippen molar-refractivity contribution in [3.05, 3.63) is 65.2 Å². The number of carbonyl (C=O) groups is 2. The molecule has 0 aliphatic heterocycles. The van der Waals surface area contributed by atoms with Gasteiger partial charge in [-0.15, -0.1) is 0 Å². The lowest BCUT2D eigenvalue weighted by Gasteiger charge is -2.18. The summed E-state index contributed by atoms with van der Waals surface area (Å²) in [6.45, 7) is 5.66. The van der Waals surface area contributed by atoms with Gasteiger partial charge in [0.25, 0.3) is 0 Å². The lowest BCUT2D eigenvalue weighted by Crippen LogP contribution is -2.39. The van der Waals surface area contributed by atoms with E-state index < -0.39 is 17.9 Å². The van der Waals surface area contributed by atoms with E-state index in [1.165, 1.54) is 0 Å². The van der Waals surface area contributed by atoms with Crippen LogP contribution in [0.2, 0.25) is 0 Å². The maximum absolute atomic E-state index is 12.3. The van der Waals surface area contributed by atoms with Crippen molar-refractivity contribution in [1.29, 1.82) is 0 Å². The van der Waals surface area contributed by atoms with Crippen LogP contribution in [0.1, 0.15) is 42.5 Å². The third-order valence-corrected chi connectivity index (χ3v) is 4.06. The summed E-state index contributed by atoms with van der Waals surface area (Å²) in [5, 5.41) is 14.8. The molecule has 2 amide bonds. The number of amides is 2. The van der Waals surface area contributed by atoms with Crippen molar-refractivity contribution in [3.63, 3.8) is 0 Å². The van der Waals surface area contributed by atoms with Gasteiger partial charge in [0.05, 0.1) is 12.6 Å². The maximum atomic E-state index is 12.3. The summed E-state index contributed by atoms with van der Waals surface area (Å²) in [6.07, 6.45) is 0. The Morgan fingerprint density at radius 2 is 1.68 bits per heavy atom. The number of nitrogens with one attached hydrogen (secondary N) is 2. The van der Waals surface area contributed by atoms with Gasteiger partial charge < -0.3 is 15.7 Å². The van der Waals surface area contributed by atoms with Crippen LogP contribution in [-0.2, 0) is 9.59 Å². The molecule has 0 heterocycles. The van der Waals surface area contributed by atoms with Gasteiger partial charge in [-0.2, -0.15) is 0 Å². The number of rotatable bonds is 5. The van der Waals surface area contributed by atoms with Crippen molar-refractivity contribution in [3.8, 4) is 0 Å². The van der Waals surface area contributed by atoms with Crippen molar-refractivity contribution in [2.24, 2.45) is 0 Å². The summed E-state index contributed by atoms with van der Waals surface area (Å²) < 4.78 is 0. The van der Waals surface area contributed by atoms with E-state index in [9.17, 15) is 14.7 Å². The fraction of sp³-hybridized carbons (Fsp3) is 0.300. The average molecular weight is 340 g/mol. The van der Waals surface area contributed by atoms with Crippen molar-refractivity contribution in [2.45, 2.75) is 32.7 Å². The topological polar surface area (TPSA) is 78.4 Å². The molecule has 3 N–H and O–H groups in total. The van der Waals surface area contributed by atoms with Gasteiger partial charge in [-0.1, -0.05) is 62.4 Å². The standard InChI is InChI=1S/C20H24N2O3/c1-13(2)16-11-7-8-14(3)18(16)22-20(25)19(24)21-17(12-23)15-9-5-4-6-10-15/h4-11,13,17,23H,12H2,1-3H3,(H,21,24)(H,22,25).